The van der Waals surface area contributed by atoms with Crippen molar-refractivity contribution in [3.8, 4) is 11.6 Å². The molecule has 1 aromatic carbocycles. The van der Waals surface area contributed by atoms with Crippen molar-refractivity contribution < 1.29 is 31.1 Å². The Morgan fingerprint density at radius 2 is 1.84 bits per heavy atom. The number of carbonyl (C=O) groups excluding carboxylic acids is 1. The number of anilines is 1. The van der Waals surface area contributed by atoms with E-state index >= 15 is 0 Å². The number of amides is 1. The average molecular weight is 547 g/mol. The second kappa shape index (κ2) is 10.2. The third-order valence-electron chi connectivity index (χ3n) is 6.86. The molecule has 8 nitrogen and oxygen atoms in total. The van der Waals surface area contributed by atoms with Crippen molar-refractivity contribution in [2.24, 2.45) is 0 Å². The Balaban J connectivity index is 1.20. The summed E-state index contributed by atoms with van der Waals surface area (Å²) in [5.41, 5.74) is 0.175. The molecule has 5 rings (SSSR count). The zero-order valence-electron chi connectivity index (χ0n) is 20.2. The van der Waals surface area contributed by atoms with Crippen molar-refractivity contribution in [2.45, 2.75) is 42.5 Å². The molecule has 2 atom stereocenters. The molecule has 2 aliphatic rings. The first-order valence-electron chi connectivity index (χ1n) is 12.1. The number of carbonyl (C=O) groups is 1. The van der Waals surface area contributed by atoms with Crippen molar-refractivity contribution in [1.29, 1.82) is 0 Å². The van der Waals surface area contributed by atoms with Crippen LogP contribution in [0.1, 0.15) is 40.7 Å². The Kier molecular flexibility index (Phi) is 6.99. The number of para-hydroxylation sites is 1. The number of nitrogens with zero attached hydrogens (tertiary/aromatic N) is 3. The number of nitrogens with one attached hydrogen (secondary N) is 1. The molecule has 2 aliphatic heterocycles. The summed E-state index contributed by atoms with van der Waals surface area (Å²) >= 11 is 0. The summed E-state index contributed by atoms with van der Waals surface area (Å²) in [6.45, 7) is 0.893. The molecule has 2 bridgehead atoms. The fourth-order valence-corrected chi connectivity index (χ4v) is 7.11. The van der Waals surface area contributed by atoms with Crippen molar-refractivity contribution >= 4 is 21.6 Å². The van der Waals surface area contributed by atoms with E-state index in [1.807, 2.05) is 0 Å². The summed E-state index contributed by atoms with van der Waals surface area (Å²) in [5, 5.41) is 2.25. The van der Waals surface area contributed by atoms with Gasteiger partial charge in [0.25, 0.3) is 5.91 Å². The quantitative estimate of drug-likeness (QED) is 0.479. The maximum absolute atomic E-state index is 13.2. The zero-order valence-corrected chi connectivity index (χ0v) is 21.0. The average Bonchev–Trinajstić information content (AvgIpc) is 3.08. The second-order valence-electron chi connectivity index (χ2n) is 9.33. The first-order valence-corrected chi connectivity index (χ1v) is 13.7. The molecule has 2 fully saturated rings. The van der Waals surface area contributed by atoms with Crippen molar-refractivity contribution in [2.75, 3.05) is 18.4 Å². The van der Waals surface area contributed by atoms with Crippen LogP contribution in [0.4, 0.5) is 19.0 Å². The highest BCUT2D eigenvalue weighted by molar-refractivity contribution is 7.93. The maximum atomic E-state index is 13.2. The lowest BCUT2D eigenvalue weighted by Gasteiger charge is -2.23. The summed E-state index contributed by atoms with van der Waals surface area (Å²) in [7, 11) is -3.17. The smallest absolute Gasteiger partial charge is 0.419 e. The Hall–Kier alpha value is -3.67. The van der Waals surface area contributed by atoms with Crippen LogP contribution in [0.3, 0.4) is 0 Å². The molecular formula is C26H25F3N4O4S. The molecule has 0 spiro atoms. The van der Waals surface area contributed by atoms with E-state index in [-0.39, 0.29) is 35.9 Å². The van der Waals surface area contributed by atoms with Crippen LogP contribution in [-0.4, -0.2) is 52.8 Å². The number of hydrogen-bond acceptors (Lipinski definition) is 7. The van der Waals surface area contributed by atoms with Gasteiger partial charge in [-0.15, -0.1) is 0 Å². The molecule has 38 heavy (non-hydrogen) atoms. The number of ether oxygens (including phenoxy) is 1. The first kappa shape index (κ1) is 26.0. The predicted octanol–water partition coefficient (Wildman–Crippen LogP) is 4.69. The Labute approximate surface area is 217 Å². The molecule has 3 aromatic rings. The fourth-order valence-electron chi connectivity index (χ4n) is 4.82. The number of fused-ring (bicyclic) bond motifs is 2. The summed E-state index contributed by atoms with van der Waals surface area (Å²) in [5.74, 6) is -0.0833. The number of rotatable bonds is 6. The van der Waals surface area contributed by atoms with E-state index in [9.17, 15) is 26.4 Å². The molecule has 2 aromatic heterocycles. The molecule has 12 heteroatoms. The van der Waals surface area contributed by atoms with Crippen LogP contribution in [0.25, 0.3) is 0 Å². The Bertz CT molecular complexity index is 1430. The van der Waals surface area contributed by atoms with Gasteiger partial charge >= 0.3 is 6.18 Å². The van der Waals surface area contributed by atoms with E-state index in [1.165, 1.54) is 36.7 Å². The topological polar surface area (TPSA) is 101 Å². The number of aromatic nitrogens is 2. The van der Waals surface area contributed by atoms with Gasteiger partial charge in [0.1, 0.15) is 11.6 Å². The number of hydrogen-bond donors (Lipinski definition) is 1. The van der Waals surface area contributed by atoms with Gasteiger partial charge in [0.15, 0.2) is 9.84 Å². The minimum Gasteiger partial charge on any atom is -0.438 e. The summed E-state index contributed by atoms with van der Waals surface area (Å²) in [6.07, 6.45) is 0.0389. The number of benzene rings is 1. The molecule has 0 saturated carbocycles. The van der Waals surface area contributed by atoms with Crippen LogP contribution in [0.2, 0.25) is 0 Å². The van der Waals surface area contributed by atoms with E-state index in [2.05, 4.69) is 15.3 Å². The first-order chi connectivity index (χ1) is 18.1. The highest BCUT2D eigenvalue weighted by Crippen LogP contribution is 2.37. The van der Waals surface area contributed by atoms with Crippen molar-refractivity contribution in [1.82, 2.24) is 14.9 Å². The molecule has 2 saturated heterocycles. The maximum Gasteiger partial charge on any atom is 0.419 e. The van der Waals surface area contributed by atoms with Crippen LogP contribution in [0.15, 0.2) is 60.9 Å². The van der Waals surface area contributed by atoms with Gasteiger partial charge < -0.3 is 15.0 Å². The standard InChI is InChI=1S/C26H25F3N4O4S/c27-26(28,29)21-3-1-2-4-22(21)37-24-13-17(9-11-30-24)14-31-23-8-5-18(15-32-23)25(34)33-12-10-19-6-7-20(16-33)38(19,35)36/h1-5,8-9,11,13,15,19-20H,6-7,10,12,14,16H2,(H,31,32). The molecule has 0 radical (unpaired) electrons. The van der Waals surface area contributed by atoms with Gasteiger partial charge in [0.05, 0.1) is 21.6 Å². The fraction of sp³-hybridized carbons (Fsp3) is 0.346. The summed E-state index contributed by atoms with van der Waals surface area (Å²) < 4.78 is 70.1. The number of halogens is 3. The molecule has 1 N–H and O–H groups in total. The third kappa shape index (κ3) is 5.45. The summed E-state index contributed by atoms with van der Waals surface area (Å²) in [6, 6.07) is 11.4. The number of pyridine rings is 2. The van der Waals surface area contributed by atoms with Gasteiger partial charge in [0.2, 0.25) is 5.88 Å². The van der Waals surface area contributed by atoms with Crippen LogP contribution in [-0.2, 0) is 22.6 Å². The Morgan fingerprint density at radius 3 is 2.61 bits per heavy atom. The molecule has 0 aliphatic carbocycles. The lowest BCUT2D eigenvalue weighted by molar-refractivity contribution is -0.138. The highest BCUT2D eigenvalue weighted by Gasteiger charge is 2.44. The lowest BCUT2D eigenvalue weighted by Crippen LogP contribution is -2.37. The molecule has 2 unspecified atom stereocenters. The minimum atomic E-state index is -4.56. The van der Waals surface area contributed by atoms with Crippen molar-refractivity contribution in [3.05, 3.63) is 77.6 Å². The summed E-state index contributed by atoms with van der Waals surface area (Å²) in [4.78, 5) is 22.9. The van der Waals surface area contributed by atoms with Gasteiger partial charge in [-0.25, -0.2) is 18.4 Å². The normalized spacial score (nSPS) is 20.6. The SMILES string of the molecule is O=C(c1ccc(NCc2ccnc(Oc3ccccc3C(F)(F)F)c2)nc1)N1CCC2CCC(C1)S2(=O)=O. The second-order valence-corrected chi connectivity index (χ2v) is 11.8. The van der Waals surface area contributed by atoms with Gasteiger partial charge in [-0.3, -0.25) is 4.79 Å². The largest absolute Gasteiger partial charge is 0.438 e. The van der Waals surface area contributed by atoms with Gasteiger partial charge in [-0.2, -0.15) is 13.2 Å². The van der Waals surface area contributed by atoms with Crippen LogP contribution in [0.5, 0.6) is 11.6 Å². The van der Waals surface area contributed by atoms with Gasteiger partial charge in [-0.1, -0.05) is 12.1 Å². The number of likely N-dealkylation sites (tertiary alicyclic amines) is 1. The van der Waals surface area contributed by atoms with Crippen LogP contribution in [0, 0.1) is 0 Å². The molecule has 1 amide bonds. The van der Waals surface area contributed by atoms with Gasteiger partial charge in [-0.05, 0) is 55.2 Å². The van der Waals surface area contributed by atoms with E-state index < -0.39 is 26.8 Å². The number of sulfone groups is 1. The van der Waals surface area contributed by atoms with E-state index in [4.69, 9.17) is 4.74 Å². The highest BCUT2D eigenvalue weighted by atomic mass is 32.2. The lowest BCUT2D eigenvalue weighted by atomic mass is 10.1. The molecule has 4 heterocycles. The molecule has 200 valence electrons. The van der Waals surface area contributed by atoms with Gasteiger partial charge in [0, 0.05) is 38.1 Å². The van der Waals surface area contributed by atoms with E-state index in [0.29, 0.717) is 42.8 Å². The van der Waals surface area contributed by atoms with Crippen molar-refractivity contribution in [3.63, 3.8) is 0 Å². The zero-order chi connectivity index (χ0) is 26.9. The van der Waals surface area contributed by atoms with E-state index in [0.717, 1.165) is 6.07 Å². The molecular weight excluding hydrogens is 521 g/mol. The van der Waals surface area contributed by atoms with Crippen LogP contribution >= 0.6 is 0 Å². The number of alkyl halides is 3. The van der Waals surface area contributed by atoms with E-state index in [1.54, 1.807) is 23.1 Å². The Morgan fingerprint density at radius 1 is 1.05 bits per heavy atom. The third-order valence-corrected chi connectivity index (χ3v) is 9.58. The minimum absolute atomic E-state index is 0.0167. The van der Waals surface area contributed by atoms with Crippen LogP contribution < -0.4 is 10.1 Å². The monoisotopic (exact) mass is 546 g/mol. The predicted molar refractivity (Wildman–Crippen MR) is 134 cm³/mol.